The first-order valence-electron chi connectivity index (χ1n) is 6.06. The normalized spacial score (nSPS) is 11.6. The van der Waals surface area contributed by atoms with E-state index in [1.54, 1.807) is 0 Å². The molecule has 0 unspecified atom stereocenters. The van der Waals surface area contributed by atoms with E-state index < -0.39 is 10.0 Å². The lowest BCUT2D eigenvalue weighted by Crippen LogP contribution is -2.23. The Balaban J connectivity index is 2.18. The minimum Gasteiger partial charge on any atom is -0.392 e. The molecule has 0 amide bonds. The van der Waals surface area contributed by atoms with E-state index in [0.717, 1.165) is 10.0 Å². The van der Waals surface area contributed by atoms with Crippen molar-refractivity contribution in [3.63, 3.8) is 0 Å². The van der Waals surface area contributed by atoms with Crippen molar-refractivity contribution >= 4 is 37.6 Å². The van der Waals surface area contributed by atoms with Crippen LogP contribution in [-0.2, 0) is 23.2 Å². The number of benzene rings is 2. The molecular weight excluding hydrogens is 378 g/mol. The van der Waals surface area contributed by atoms with Crippen LogP contribution in [0.5, 0.6) is 0 Å². The summed E-state index contributed by atoms with van der Waals surface area (Å²) >= 11 is 9.19. The molecule has 0 aliphatic heterocycles. The highest BCUT2D eigenvalue weighted by Gasteiger charge is 2.15. The summed E-state index contributed by atoms with van der Waals surface area (Å²) in [6.07, 6.45) is 0. The van der Waals surface area contributed by atoms with Gasteiger partial charge in [0.1, 0.15) is 0 Å². The highest BCUT2D eigenvalue weighted by Crippen LogP contribution is 2.20. The maximum absolute atomic E-state index is 12.2. The van der Waals surface area contributed by atoms with Crippen LogP contribution in [0.2, 0.25) is 5.02 Å². The SMILES string of the molecule is O=S(=O)(NCc1cccc(Br)c1)c1ccc(Cl)c(CO)c1. The number of hydrogen-bond donors (Lipinski definition) is 2. The number of aliphatic hydroxyl groups excluding tert-OH is 1. The first-order chi connectivity index (χ1) is 9.92. The minimum atomic E-state index is -3.66. The van der Waals surface area contributed by atoms with Gasteiger partial charge in [0.2, 0.25) is 10.0 Å². The Hall–Kier alpha value is -0.920. The van der Waals surface area contributed by atoms with Crippen LogP contribution < -0.4 is 4.72 Å². The summed E-state index contributed by atoms with van der Waals surface area (Å²) < 4.78 is 27.8. The Morgan fingerprint density at radius 3 is 2.62 bits per heavy atom. The van der Waals surface area contributed by atoms with Crippen LogP contribution in [0.15, 0.2) is 51.8 Å². The van der Waals surface area contributed by atoms with Crippen LogP contribution in [0.4, 0.5) is 0 Å². The van der Waals surface area contributed by atoms with Gasteiger partial charge in [0, 0.05) is 16.0 Å². The van der Waals surface area contributed by atoms with E-state index >= 15 is 0 Å². The number of halogens is 2. The molecule has 2 aromatic rings. The lowest BCUT2D eigenvalue weighted by atomic mass is 10.2. The number of nitrogens with one attached hydrogen (secondary N) is 1. The molecule has 0 aliphatic carbocycles. The van der Waals surface area contributed by atoms with Crippen LogP contribution in [-0.4, -0.2) is 13.5 Å². The smallest absolute Gasteiger partial charge is 0.240 e. The molecule has 0 aromatic heterocycles. The number of rotatable bonds is 5. The zero-order valence-corrected chi connectivity index (χ0v) is 14.0. The van der Waals surface area contributed by atoms with Crippen molar-refractivity contribution in [1.82, 2.24) is 4.72 Å². The van der Waals surface area contributed by atoms with E-state index in [0.29, 0.717) is 10.6 Å². The molecule has 2 rings (SSSR count). The highest BCUT2D eigenvalue weighted by atomic mass is 79.9. The van der Waals surface area contributed by atoms with Gasteiger partial charge in [0.25, 0.3) is 0 Å². The Labute approximate surface area is 136 Å². The number of hydrogen-bond acceptors (Lipinski definition) is 3. The van der Waals surface area contributed by atoms with Crippen LogP contribution in [0.1, 0.15) is 11.1 Å². The van der Waals surface area contributed by atoms with E-state index in [1.165, 1.54) is 18.2 Å². The maximum Gasteiger partial charge on any atom is 0.240 e. The third-order valence-electron chi connectivity index (χ3n) is 2.85. The van der Waals surface area contributed by atoms with E-state index in [4.69, 9.17) is 16.7 Å². The predicted octanol–water partition coefficient (Wildman–Crippen LogP) is 3.07. The van der Waals surface area contributed by atoms with Crippen LogP contribution in [0.25, 0.3) is 0 Å². The Bertz CT molecular complexity index is 750. The summed E-state index contributed by atoms with van der Waals surface area (Å²) in [4.78, 5) is 0.0750. The van der Waals surface area contributed by atoms with Crippen molar-refractivity contribution in [3.8, 4) is 0 Å². The van der Waals surface area contributed by atoms with E-state index in [2.05, 4.69) is 20.7 Å². The molecule has 2 N–H and O–H groups in total. The molecule has 4 nitrogen and oxygen atoms in total. The quantitative estimate of drug-likeness (QED) is 0.824. The molecule has 0 heterocycles. The van der Waals surface area contributed by atoms with Crippen molar-refractivity contribution in [1.29, 1.82) is 0 Å². The summed E-state index contributed by atoms with van der Waals surface area (Å²) in [5.41, 5.74) is 1.21. The van der Waals surface area contributed by atoms with E-state index in [-0.39, 0.29) is 18.0 Å². The molecular formula is C14H13BrClNO3S. The van der Waals surface area contributed by atoms with Gasteiger partial charge in [0.05, 0.1) is 11.5 Å². The second-order valence-electron chi connectivity index (χ2n) is 4.37. The molecule has 0 spiro atoms. The zero-order chi connectivity index (χ0) is 15.5. The zero-order valence-electron chi connectivity index (χ0n) is 10.9. The Kier molecular flexibility index (Phi) is 5.40. The summed E-state index contributed by atoms with van der Waals surface area (Å²) in [6.45, 7) is -0.132. The highest BCUT2D eigenvalue weighted by molar-refractivity contribution is 9.10. The molecule has 7 heteroatoms. The molecule has 0 aliphatic rings. The summed E-state index contributed by atoms with van der Waals surface area (Å²) in [5.74, 6) is 0. The van der Waals surface area contributed by atoms with E-state index in [9.17, 15) is 8.42 Å². The second-order valence-corrected chi connectivity index (χ2v) is 7.46. The van der Waals surface area contributed by atoms with Gasteiger partial charge in [-0.2, -0.15) is 0 Å². The van der Waals surface area contributed by atoms with Gasteiger partial charge >= 0.3 is 0 Å². The molecule has 112 valence electrons. The van der Waals surface area contributed by atoms with Gasteiger partial charge in [-0.05, 0) is 41.5 Å². The molecule has 0 atom stereocenters. The first-order valence-corrected chi connectivity index (χ1v) is 8.71. The fourth-order valence-electron chi connectivity index (χ4n) is 1.75. The summed E-state index contributed by atoms with van der Waals surface area (Å²) in [5, 5.41) is 9.48. The molecule has 21 heavy (non-hydrogen) atoms. The third kappa shape index (κ3) is 4.28. The van der Waals surface area contributed by atoms with Crippen molar-refractivity contribution in [2.45, 2.75) is 18.0 Å². The fraction of sp³-hybridized carbons (Fsp3) is 0.143. The maximum atomic E-state index is 12.2. The monoisotopic (exact) mass is 389 g/mol. The number of sulfonamides is 1. The molecule has 0 bridgehead atoms. The van der Waals surface area contributed by atoms with Gasteiger partial charge in [-0.15, -0.1) is 0 Å². The van der Waals surface area contributed by atoms with Crippen molar-refractivity contribution < 1.29 is 13.5 Å². The number of aliphatic hydroxyl groups is 1. The molecule has 2 aromatic carbocycles. The fourth-order valence-corrected chi connectivity index (χ4v) is 3.44. The van der Waals surface area contributed by atoms with Gasteiger partial charge in [-0.25, -0.2) is 13.1 Å². The van der Waals surface area contributed by atoms with Gasteiger partial charge in [0.15, 0.2) is 0 Å². The van der Waals surface area contributed by atoms with Crippen LogP contribution in [0, 0.1) is 0 Å². The van der Waals surface area contributed by atoms with E-state index in [1.807, 2.05) is 24.3 Å². The predicted molar refractivity (Wildman–Crippen MR) is 85.5 cm³/mol. The van der Waals surface area contributed by atoms with Crippen LogP contribution in [0.3, 0.4) is 0 Å². The standard InChI is InChI=1S/C14H13BrClNO3S/c15-12-3-1-2-10(6-12)8-17-21(19,20)13-4-5-14(16)11(7-13)9-18/h1-7,17-18H,8-9H2. The lowest BCUT2D eigenvalue weighted by molar-refractivity contribution is 0.281. The van der Waals surface area contributed by atoms with Crippen molar-refractivity contribution in [2.75, 3.05) is 0 Å². The molecule has 0 saturated carbocycles. The summed E-state index contributed by atoms with van der Waals surface area (Å²) in [7, 11) is -3.66. The first kappa shape index (κ1) is 16.5. The Morgan fingerprint density at radius 1 is 1.19 bits per heavy atom. The topological polar surface area (TPSA) is 66.4 Å². The van der Waals surface area contributed by atoms with Crippen molar-refractivity contribution in [2.24, 2.45) is 0 Å². The van der Waals surface area contributed by atoms with Gasteiger partial charge in [-0.1, -0.05) is 39.7 Å². The largest absolute Gasteiger partial charge is 0.392 e. The average molecular weight is 391 g/mol. The molecule has 0 fully saturated rings. The van der Waals surface area contributed by atoms with Crippen LogP contribution >= 0.6 is 27.5 Å². The molecule has 0 saturated heterocycles. The van der Waals surface area contributed by atoms with Gasteiger partial charge < -0.3 is 5.11 Å². The lowest BCUT2D eigenvalue weighted by Gasteiger charge is -2.09. The summed E-state index contributed by atoms with van der Waals surface area (Å²) in [6, 6.07) is 11.6. The third-order valence-corrected chi connectivity index (χ3v) is 5.11. The minimum absolute atomic E-state index is 0.0750. The second kappa shape index (κ2) is 6.89. The van der Waals surface area contributed by atoms with Crippen molar-refractivity contribution in [3.05, 3.63) is 63.1 Å². The molecule has 0 radical (unpaired) electrons. The van der Waals surface area contributed by atoms with Gasteiger partial charge in [-0.3, -0.25) is 0 Å². The average Bonchev–Trinajstić information content (AvgIpc) is 2.46. The Morgan fingerprint density at radius 2 is 1.95 bits per heavy atom.